The van der Waals surface area contributed by atoms with Crippen molar-refractivity contribution in [2.24, 2.45) is 5.92 Å². The maximum Gasteiger partial charge on any atom is 0.143 e. The van der Waals surface area contributed by atoms with Crippen molar-refractivity contribution in [1.82, 2.24) is 14.7 Å². The number of rotatable bonds is 9. The summed E-state index contributed by atoms with van der Waals surface area (Å²) in [5.74, 6) is 3.50. The zero-order valence-electron chi connectivity index (χ0n) is 24.7. The molecule has 6 nitrogen and oxygen atoms in total. The second-order valence-corrected chi connectivity index (χ2v) is 12.2. The van der Waals surface area contributed by atoms with Gasteiger partial charge >= 0.3 is 0 Å². The molecule has 1 saturated carbocycles. The van der Waals surface area contributed by atoms with Gasteiger partial charge in [0.05, 0.1) is 25.1 Å². The lowest BCUT2D eigenvalue weighted by Crippen LogP contribution is -2.44. The average Bonchev–Trinajstić information content (AvgIpc) is 3.58. The summed E-state index contributed by atoms with van der Waals surface area (Å²) in [6.45, 7) is 14.1. The Hall–Kier alpha value is -2.99. The van der Waals surface area contributed by atoms with Crippen LogP contribution in [0.3, 0.4) is 0 Å². The van der Waals surface area contributed by atoms with Crippen LogP contribution in [0.5, 0.6) is 11.5 Å². The van der Waals surface area contributed by atoms with Crippen molar-refractivity contribution in [3.05, 3.63) is 59.9 Å². The molecule has 6 heteroatoms. The first kappa shape index (κ1) is 27.6. The molecule has 2 atom stereocenters. The van der Waals surface area contributed by atoms with Crippen molar-refractivity contribution in [1.29, 1.82) is 0 Å². The fourth-order valence-electron chi connectivity index (χ4n) is 5.95. The van der Waals surface area contributed by atoms with Crippen molar-refractivity contribution < 1.29 is 9.47 Å². The summed E-state index contributed by atoms with van der Waals surface area (Å²) in [5.41, 5.74) is 6.09. The molecule has 2 heterocycles. The lowest BCUT2D eigenvalue weighted by molar-refractivity contribution is 0.201. The summed E-state index contributed by atoms with van der Waals surface area (Å²) < 4.78 is 14.6. The zero-order chi connectivity index (χ0) is 27.5. The van der Waals surface area contributed by atoms with Crippen LogP contribution in [0.2, 0.25) is 0 Å². The highest BCUT2D eigenvalue weighted by molar-refractivity contribution is 5.70. The maximum atomic E-state index is 6.78. The van der Waals surface area contributed by atoms with Gasteiger partial charge < -0.3 is 19.3 Å². The van der Waals surface area contributed by atoms with Gasteiger partial charge in [-0.3, -0.25) is 4.68 Å². The smallest absolute Gasteiger partial charge is 0.143 e. The predicted molar refractivity (Wildman–Crippen MR) is 160 cm³/mol. The standard InChI is InChI=1S/C33H46N4O2/c1-23(2)26-8-11-30(32(18-26)38-6)28-20-34-37(22-28)21-25-7-10-29(17-25)39-33-19-27(24(3)4)9-12-31(33)36-15-13-35(5)14-16-36/h8-9,11-12,18-20,22-25,29H,7,10,13-17,21H2,1-6H3. The second-order valence-electron chi connectivity index (χ2n) is 12.2. The number of hydrogen-bond acceptors (Lipinski definition) is 5. The molecule has 1 aromatic heterocycles. The minimum Gasteiger partial charge on any atom is -0.496 e. The third kappa shape index (κ3) is 6.43. The number of methoxy groups -OCH3 is 1. The molecule has 39 heavy (non-hydrogen) atoms. The molecule has 2 unspecified atom stereocenters. The van der Waals surface area contributed by atoms with Gasteiger partial charge in [-0.05, 0) is 73.4 Å². The van der Waals surface area contributed by atoms with E-state index in [0.29, 0.717) is 17.8 Å². The molecule has 2 fully saturated rings. The Morgan fingerprint density at radius 2 is 1.59 bits per heavy atom. The molecular weight excluding hydrogens is 484 g/mol. The van der Waals surface area contributed by atoms with E-state index in [1.165, 1.54) is 23.2 Å². The molecule has 3 aromatic rings. The number of piperazine rings is 1. The third-order valence-corrected chi connectivity index (χ3v) is 8.56. The first-order valence-corrected chi connectivity index (χ1v) is 14.8. The zero-order valence-corrected chi connectivity index (χ0v) is 24.7. The largest absolute Gasteiger partial charge is 0.496 e. The van der Waals surface area contributed by atoms with E-state index in [-0.39, 0.29) is 6.10 Å². The monoisotopic (exact) mass is 530 g/mol. The number of nitrogens with zero attached hydrogens (tertiary/aromatic N) is 4. The van der Waals surface area contributed by atoms with Crippen LogP contribution in [0.1, 0.15) is 69.9 Å². The number of ether oxygens (including phenoxy) is 2. The molecule has 1 saturated heterocycles. The number of anilines is 1. The van der Waals surface area contributed by atoms with Crippen molar-refractivity contribution in [2.45, 2.75) is 71.4 Å². The fourth-order valence-corrected chi connectivity index (χ4v) is 5.95. The van der Waals surface area contributed by atoms with E-state index in [9.17, 15) is 0 Å². The molecule has 1 aliphatic carbocycles. The van der Waals surface area contributed by atoms with Gasteiger partial charge in [0.2, 0.25) is 0 Å². The Morgan fingerprint density at radius 1 is 0.897 bits per heavy atom. The van der Waals surface area contributed by atoms with E-state index in [4.69, 9.17) is 14.6 Å². The minimum absolute atomic E-state index is 0.252. The van der Waals surface area contributed by atoms with Crippen molar-refractivity contribution >= 4 is 5.69 Å². The van der Waals surface area contributed by atoms with Crippen molar-refractivity contribution in [3.63, 3.8) is 0 Å². The van der Waals surface area contributed by atoms with Gasteiger partial charge in [-0.2, -0.15) is 5.10 Å². The summed E-state index contributed by atoms with van der Waals surface area (Å²) >= 11 is 0. The highest BCUT2D eigenvalue weighted by Crippen LogP contribution is 2.38. The summed E-state index contributed by atoms with van der Waals surface area (Å²) in [4.78, 5) is 4.90. The Balaban J connectivity index is 1.25. The van der Waals surface area contributed by atoms with Crippen LogP contribution in [-0.4, -0.2) is 61.1 Å². The molecule has 0 amide bonds. The fraction of sp³-hybridized carbons (Fsp3) is 0.545. The quantitative estimate of drug-likeness (QED) is 0.304. The summed E-state index contributed by atoms with van der Waals surface area (Å²) in [6.07, 6.45) is 7.71. The predicted octanol–water partition coefficient (Wildman–Crippen LogP) is 6.81. The molecule has 1 aliphatic heterocycles. The molecule has 2 aliphatic rings. The molecule has 0 bridgehead atoms. The van der Waals surface area contributed by atoms with Gasteiger partial charge in [-0.25, -0.2) is 0 Å². The molecular formula is C33H46N4O2. The van der Waals surface area contributed by atoms with Crippen molar-refractivity contribution in [2.75, 3.05) is 45.2 Å². The van der Waals surface area contributed by atoms with Gasteiger partial charge in [0, 0.05) is 50.0 Å². The highest BCUT2D eigenvalue weighted by Gasteiger charge is 2.28. The molecule has 0 N–H and O–H groups in total. The minimum atomic E-state index is 0.252. The normalized spacial score (nSPS) is 20.3. The maximum absolute atomic E-state index is 6.78. The van der Waals surface area contributed by atoms with Crippen LogP contribution >= 0.6 is 0 Å². The van der Waals surface area contributed by atoms with Crippen LogP contribution in [0.15, 0.2) is 48.8 Å². The molecule has 5 rings (SSSR count). The Kier molecular flexibility index (Phi) is 8.51. The first-order valence-electron chi connectivity index (χ1n) is 14.8. The lowest BCUT2D eigenvalue weighted by atomic mass is 9.99. The van der Waals surface area contributed by atoms with E-state index >= 15 is 0 Å². The van der Waals surface area contributed by atoms with Gasteiger partial charge in [0.15, 0.2) is 0 Å². The Labute approximate surface area is 234 Å². The topological polar surface area (TPSA) is 42.8 Å². The second kappa shape index (κ2) is 12.0. The number of benzene rings is 2. The summed E-state index contributed by atoms with van der Waals surface area (Å²) in [5, 5.41) is 4.72. The number of likely N-dealkylation sites (N-methyl/N-ethyl adjacent to an activating group) is 1. The van der Waals surface area contributed by atoms with Gasteiger partial charge in [-0.1, -0.05) is 45.9 Å². The van der Waals surface area contributed by atoms with Crippen molar-refractivity contribution in [3.8, 4) is 22.6 Å². The Morgan fingerprint density at radius 3 is 2.28 bits per heavy atom. The van der Waals surface area contributed by atoms with Crippen LogP contribution in [0.25, 0.3) is 11.1 Å². The van der Waals surface area contributed by atoms with E-state index in [1.807, 2.05) is 6.20 Å². The summed E-state index contributed by atoms with van der Waals surface area (Å²) in [6, 6.07) is 13.4. The number of aromatic nitrogens is 2. The van der Waals surface area contributed by atoms with E-state index in [2.05, 4.69) is 91.8 Å². The van der Waals surface area contributed by atoms with Crippen LogP contribution in [-0.2, 0) is 6.54 Å². The average molecular weight is 531 g/mol. The van der Waals surface area contributed by atoms with E-state index in [1.54, 1.807) is 7.11 Å². The molecule has 0 radical (unpaired) electrons. The van der Waals surface area contributed by atoms with Gasteiger partial charge in [0.1, 0.15) is 11.5 Å². The van der Waals surface area contributed by atoms with Crippen LogP contribution in [0.4, 0.5) is 5.69 Å². The van der Waals surface area contributed by atoms with E-state index < -0.39 is 0 Å². The Bertz CT molecular complexity index is 1240. The van der Waals surface area contributed by atoms with Gasteiger partial charge in [-0.15, -0.1) is 0 Å². The summed E-state index contributed by atoms with van der Waals surface area (Å²) in [7, 11) is 3.95. The SMILES string of the molecule is COc1cc(C(C)C)ccc1-c1cnn(CC2CCC(Oc3cc(C(C)C)ccc3N3CCN(C)CC3)C2)c1. The first-order chi connectivity index (χ1) is 18.8. The molecule has 0 spiro atoms. The van der Waals surface area contributed by atoms with Crippen LogP contribution in [0, 0.1) is 5.92 Å². The molecule has 2 aromatic carbocycles. The lowest BCUT2D eigenvalue weighted by Gasteiger charge is -2.35. The molecule has 210 valence electrons. The highest BCUT2D eigenvalue weighted by atomic mass is 16.5. The number of hydrogen-bond donors (Lipinski definition) is 0. The van der Waals surface area contributed by atoms with E-state index in [0.717, 1.165) is 68.2 Å². The van der Waals surface area contributed by atoms with Crippen LogP contribution < -0.4 is 14.4 Å². The van der Waals surface area contributed by atoms with Gasteiger partial charge in [0.25, 0.3) is 0 Å². The third-order valence-electron chi connectivity index (χ3n) is 8.56.